The highest BCUT2D eigenvalue weighted by Gasteiger charge is 2.06. The van der Waals surface area contributed by atoms with Crippen LogP contribution in [0.2, 0.25) is 5.02 Å². The zero-order valence-corrected chi connectivity index (χ0v) is 10.4. The molecule has 2 N–H and O–H groups in total. The van der Waals surface area contributed by atoms with E-state index < -0.39 is 0 Å². The van der Waals surface area contributed by atoms with Crippen molar-refractivity contribution in [3.05, 3.63) is 59.5 Å². The van der Waals surface area contributed by atoms with Gasteiger partial charge in [0.2, 0.25) is 0 Å². The van der Waals surface area contributed by atoms with E-state index >= 15 is 0 Å². The van der Waals surface area contributed by atoms with Crippen LogP contribution in [0, 0.1) is 0 Å². The zero-order valence-electron chi connectivity index (χ0n) is 9.68. The maximum absolute atomic E-state index is 6.13. The zero-order chi connectivity index (χ0) is 12.5. The SMILES string of the molecule is Nc1cccc2ccn(Cc3ccncc3Cl)c12. The quantitative estimate of drug-likeness (QED) is 0.716. The van der Waals surface area contributed by atoms with Gasteiger partial charge in [-0.25, -0.2) is 0 Å². The van der Waals surface area contributed by atoms with E-state index in [1.807, 2.05) is 24.4 Å². The second-order valence-electron chi connectivity index (χ2n) is 4.20. The fourth-order valence-electron chi connectivity index (χ4n) is 2.14. The van der Waals surface area contributed by atoms with Crippen LogP contribution in [0.3, 0.4) is 0 Å². The van der Waals surface area contributed by atoms with Gasteiger partial charge in [0, 0.05) is 30.5 Å². The van der Waals surface area contributed by atoms with Gasteiger partial charge < -0.3 is 10.3 Å². The molecule has 0 saturated carbocycles. The van der Waals surface area contributed by atoms with Crippen molar-refractivity contribution in [1.29, 1.82) is 0 Å². The van der Waals surface area contributed by atoms with Crippen LogP contribution in [-0.4, -0.2) is 9.55 Å². The third kappa shape index (κ3) is 1.83. The number of halogens is 1. The lowest BCUT2D eigenvalue weighted by atomic mass is 10.2. The van der Waals surface area contributed by atoms with E-state index in [2.05, 4.69) is 21.7 Å². The van der Waals surface area contributed by atoms with Gasteiger partial charge in [0.1, 0.15) is 0 Å². The van der Waals surface area contributed by atoms with E-state index in [4.69, 9.17) is 17.3 Å². The second kappa shape index (κ2) is 4.35. The standard InChI is InChI=1S/C14H12ClN3/c15-12-8-17-6-4-11(12)9-18-7-5-10-2-1-3-13(16)14(10)18/h1-8H,9,16H2. The molecule has 90 valence electrons. The average Bonchev–Trinajstić information content (AvgIpc) is 2.77. The Morgan fingerprint density at radius 3 is 2.94 bits per heavy atom. The molecular formula is C14H12ClN3. The maximum Gasteiger partial charge on any atom is 0.0716 e. The van der Waals surface area contributed by atoms with E-state index in [9.17, 15) is 0 Å². The highest BCUT2D eigenvalue weighted by molar-refractivity contribution is 6.31. The molecule has 3 rings (SSSR count). The van der Waals surface area contributed by atoms with Crippen LogP contribution >= 0.6 is 11.6 Å². The van der Waals surface area contributed by atoms with Crippen LogP contribution in [-0.2, 0) is 6.54 Å². The summed E-state index contributed by atoms with van der Waals surface area (Å²) < 4.78 is 2.10. The summed E-state index contributed by atoms with van der Waals surface area (Å²) in [6, 6.07) is 9.90. The Kier molecular flexibility index (Phi) is 2.68. The molecule has 0 aliphatic rings. The smallest absolute Gasteiger partial charge is 0.0716 e. The van der Waals surface area contributed by atoms with Crippen molar-refractivity contribution >= 4 is 28.2 Å². The van der Waals surface area contributed by atoms with E-state index in [-0.39, 0.29) is 0 Å². The van der Waals surface area contributed by atoms with E-state index in [0.717, 1.165) is 22.2 Å². The van der Waals surface area contributed by atoms with Gasteiger partial charge in [-0.1, -0.05) is 23.7 Å². The minimum Gasteiger partial charge on any atom is -0.397 e. The number of aromatic nitrogens is 2. The molecule has 3 aromatic rings. The summed E-state index contributed by atoms with van der Waals surface area (Å²) in [6.45, 7) is 0.694. The Hall–Kier alpha value is -2.00. The molecule has 2 heterocycles. The molecule has 0 aliphatic heterocycles. The summed E-state index contributed by atoms with van der Waals surface area (Å²) in [6.07, 6.45) is 5.43. The van der Waals surface area contributed by atoms with Crippen LogP contribution in [0.15, 0.2) is 48.9 Å². The van der Waals surface area contributed by atoms with Crippen molar-refractivity contribution in [3.63, 3.8) is 0 Å². The summed E-state index contributed by atoms with van der Waals surface area (Å²) in [4.78, 5) is 3.99. The van der Waals surface area contributed by atoms with Crippen LogP contribution < -0.4 is 5.73 Å². The first-order valence-corrected chi connectivity index (χ1v) is 6.05. The van der Waals surface area contributed by atoms with Gasteiger partial charge in [0.15, 0.2) is 0 Å². The van der Waals surface area contributed by atoms with Gasteiger partial charge in [-0.05, 0) is 23.8 Å². The van der Waals surface area contributed by atoms with E-state index in [0.29, 0.717) is 11.6 Å². The van der Waals surface area contributed by atoms with Crippen LogP contribution in [0.25, 0.3) is 10.9 Å². The van der Waals surface area contributed by atoms with Gasteiger partial charge in [-0.3, -0.25) is 4.98 Å². The summed E-state index contributed by atoms with van der Waals surface area (Å²) in [5.41, 5.74) is 8.89. The molecule has 1 aromatic carbocycles. The first kappa shape index (κ1) is 11.1. The van der Waals surface area contributed by atoms with Gasteiger partial charge in [-0.2, -0.15) is 0 Å². The van der Waals surface area contributed by atoms with E-state index in [1.54, 1.807) is 12.4 Å². The molecule has 0 saturated heterocycles. The molecule has 4 heteroatoms. The molecule has 2 aromatic heterocycles. The Labute approximate surface area is 110 Å². The Morgan fingerprint density at radius 1 is 1.22 bits per heavy atom. The van der Waals surface area contributed by atoms with Crippen molar-refractivity contribution in [2.45, 2.75) is 6.54 Å². The van der Waals surface area contributed by atoms with Crippen molar-refractivity contribution in [2.75, 3.05) is 5.73 Å². The van der Waals surface area contributed by atoms with Crippen molar-refractivity contribution in [2.24, 2.45) is 0 Å². The Bertz CT molecular complexity index is 703. The summed E-state index contributed by atoms with van der Waals surface area (Å²) in [5, 5.41) is 1.81. The van der Waals surface area contributed by atoms with Gasteiger partial charge in [-0.15, -0.1) is 0 Å². The molecule has 0 spiro atoms. The highest BCUT2D eigenvalue weighted by Crippen LogP contribution is 2.24. The molecule has 0 fully saturated rings. The predicted octanol–water partition coefficient (Wildman–Crippen LogP) is 3.32. The third-order valence-electron chi connectivity index (χ3n) is 3.02. The number of benzene rings is 1. The van der Waals surface area contributed by atoms with Crippen molar-refractivity contribution in [1.82, 2.24) is 9.55 Å². The maximum atomic E-state index is 6.13. The fraction of sp³-hybridized carbons (Fsp3) is 0.0714. The molecule has 0 bridgehead atoms. The van der Waals surface area contributed by atoms with Crippen molar-refractivity contribution in [3.8, 4) is 0 Å². The van der Waals surface area contributed by atoms with Gasteiger partial charge in [0.05, 0.1) is 16.2 Å². The molecule has 3 nitrogen and oxygen atoms in total. The lowest BCUT2D eigenvalue weighted by Gasteiger charge is -2.08. The normalized spacial score (nSPS) is 10.9. The Morgan fingerprint density at radius 2 is 2.11 bits per heavy atom. The average molecular weight is 258 g/mol. The largest absolute Gasteiger partial charge is 0.397 e. The predicted molar refractivity (Wildman–Crippen MR) is 74.7 cm³/mol. The number of anilines is 1. The molecule has 18 heavy (non-hydrogen) atoms. The summed E-state index contributed by atoms with van der Waals surface area (Å²) in [7, 11) is 0. The number of nitrogen functional groups attached to an aromatic ring is 1. The topological polar surface area (TPSA) is 43.8 Å². The van der Waals surface area contributed by atoms with Crippen LogP contribution in [0.5, 0.6) is 0 Å². The fourth-order valence-corrected chi connectivity index (χ4v) is 2.32. The number of pyridine rings is 1. The first-order chi connectivity index (χ1) is 8.75. The lowest BCUT2D eigenvalue weighted by Crippen LogP contribution is -2.01. The molecule has 0 unspecified atom stereocenters. The minimum absolute atomic E-state index is 0.675. The minimum atomic E-state index is 0.675. The first-order valence-electron chi connectivity index (χ1n) is 5.67. The summed E-state index contributed by atoms with van der Waals surface area (Å²) >= 11 is 6.13. The van der Waals surface area contributed by atoms with Crippen LogP contribution in [0.4, 0.5) is 5.69 Å². The number of rotatable bonds is 2. The number of hydrogen-bond donors (Lipinski definition) is 1. The number of para-hydroxylation sites is 1. The monoisotopic (exact) mass is 257 g/mol. The molecule has 0 amide bonds. The number of nitrogens with two attached hydrogens (primary N) is 1. The summed E-state index contributed by atoms with van der Waals surface area (Å²) in [5.74, 6) is 0. The molecule has 0 atom stereocenters. The molecular weight excluding hydrogens is 246 g/mol. The van der Waals surface area contributed by atoms with E-state index in [1.165, 1.54) is 0 Å². The molecule has 0 radical (unpaired) electrons. The van der Waals surface area contributed by atoms with Crippen LogP contribution in [0.1, 0.15) is 5.56 Å². The third-order valence-corrected chi connectivity index (χ3v) is 3.36. The second-order valence-corrected chi connectivity index (χ2v) is 4.60. The van der Waals surface area contributed by atoms with Gasteiger partial charge in [0.25, 0.3) is 0 Å². The van der Waals surface area contributed by atoms with Crippen molar-refractivity contribution < 1.29 is 0 Å². The number of hydrogen-bond acceptors (Lipinski definition) is 2. The number of nitrogens with zero attached hydrogens (tertiary/aromatic N) is 2. The molecule has 0 aliphatic carbocycles. The number of fused-ring (bicyclic) bond motifs is 1. The van der Waals surface area contributed by atoms with Gasteiger partial charge >= 0.3 is 0 Å². The Balaban J connectivity index is 2.09. The highest BCUT2D eigenvalue weighted by atomic mass is 35.5. The lowest BCUT2D eigenvalue weighted by molar-refractivity contribution is 0.836.